The molecule has 2 amide bonds. The van der Waals surface area contributed by atoms with Gasteiger partial charge in [0, 0.05) is 50.0 Å². The number of cyclic esters (lactones) is 1. The number of alkyl halides is 3. The fourth-order valence-corrected chi connectivity index (χ4v) is 6.15. The average molecular weight is 610 g/mol. The summed E-state index contributed by atoms with van der Waals surface area (Å²) >= 11 is 0. The zero-order valence-corrected chi connectivity index (χ0v) is 23.8. The number of anilines is 1. The lowest BCUT2D eigenvalue weighted by molar-refractivity contribution is -0.138. The summed E-state index contributed by atoms with van der Waals surface area (Å²) in [5, 5.41) is 5.40. The van der Waals surface area contributed by atoms with Gasteiger partial charge in [0.25, 0.3) is 5.91 Å². The standard InChI is InChI=1S/C31H30F3N5O5/c1-2-38-9-11-39(12-10-38)15-18-4-3-17(13-22(18)31(32,33)34)29(40)36-26-25-20-14-19(5-6-23(20)44-27(25)26)43-24-7-8-35-28-21(24)16-42-30(41)37-28/h3-8,13-14,25-27H,2,9-12,15-16H2,1H3,(H,36,40)(H,35,37,41). The Balaban J connectivity index is 1.03. The first kappa shape index (κ1) is 28.4. The van der Waals surface area contributed by atoms with E-state index in [0.717, 1.165) is 31.3 Å². The zero-order chi connectivity index (χ0) is 30.6. The lowest BCUT2D eigenvalue weighted by Gasteiger charge is -2.34. The number of piperazine rings is 1. The van der Waals surface area contributed by atoms with Crippen LogP contribution in [0.5, 0.6) is 17.2 Å². The van der Waals surface area contributed by atoms with Gasteiger partial charge in [0.2, 0.25) is 0 Å². The molecule has 3 atom stereocenters. The van der Waals surface area contributed by atoms with Gasteiger partial charge in [-0.15, -0.1) is 0 Å². The maximum absolute atomic E-state index is 14.1. The van der Waals surface area contributed by atoms with E-state index >= 15 is 0 Å². The van der Waals surface area contributed by atoms with Crippen LogP contribution in [0.25, 0.3) is 0 Å². The van der Waals surface area contributed by atoms with Crippen LogP contribution in [0.3, 0.4) is 0 Å². The summed E-state index contributed by atoms with van der Waals surface area (Å²) in [6.45, 7) is 6.23. The predicted molar refractivity (Wildman–Crippen MR) is 152 cm³/mol. The summed E-state index contributed by atoms with van der Waals surface area (Å²) in [5.74, 6) is 1.27. The number of aromatic nitrogens is 1. The molecule has 230 valence electrons. The van der Waals surface area contributed by atoms with Gasteiger partial charge in [-0.05, 0) is 48.5 Å². The fraction of sp³-hybridized carbons (Fsp3) is 0.387. The fourth-order valence-electron chi connectivity index (χ4n) is 6.15. The van der Waals surface area contributed by atoms with Crippen LogP contribution in [0.1, 0.15) is 45.5 Å². The van der Waals surface area contributed by atoms with Gasteiger partial charge in [-0.2, -0.15) is 13.2 Å². The molecule has 1 aromatic heterocycles. The van der Waals surface area contributed by atoms with Gasteiger partial charge in [0.05, 0.1) is 23.1 Å². The van der Waals surface area contributed by atoms with Crippen LogP contribution < -0.4 is 20.1 Å². The summed E-state index contributed by atoms with van der Waals surface area (Å²) < 4.78 is 59.4. The number of carbonyl (C=O) groups excluding carboxylic acids is 2. The molecule has 0 radical (unpaired) electrons. The van der Waals surface area contributed by atoms with Gasteiger partial charge < -0.3 is 24.4 Å². The number of amides is 2. The van der Waals surface area contributed by atoms with Gasteiger partial charge in [0.15, 0.2) is 0 Å². The van der Waals surface area contributed by atoms with Crippen molar-refractivity contribution in [3.8, 4) is 17.2 Å². The van der Waals surface area contributed by atoms with E-state index in [4.69, 9.17) is 14.2 Å². The van der Waals surface area contributed by atoms with Crippen molar-refractivity contribution in [1.82, 2.24) is 20.1 Å². The Morgan fingerprint density at radius 2 is 1.91 bits per heavy atom. The molecule has 4 heterocycles. The van der Waals surface area contributed by atoms with Crippen LogP contribution in [0.2, 0.25) is 0 Å². The summed E-state index contributed by atoms with van der Waals surface area (Å²) in [6.07, 6.45) is -3.97. The second-order valence-corrected chi connectivity index (χ2v) is 11.3. The largest absolute Gasteiger partial charge is 0.487 e. The molecule has 1 saturated heterocycles. The van der Waals surface area contributed by atoms with Crippen molar-refractivity contribution in [2.45, 2.75) is 44.3 Å². The van der Waals surface area contributed by atoms with Crippen LogP contribution in [0, 0.1) is 0 Å². The number of hydrogen-bond donors (Lipinski definition) is 2. The third-order valence-electron chi connectivity index (χ3n) is 8.65. The lowest BCUT2D eigenvalue weighted by atomic mass is 10.0. The number of rotatable bonds is 7. The molecule has 1 aliphatic carbocycles. The number of ether oxygens (including phenoxy) is 3. The van der Waals surface area contributed by atoms with Gasteiger partial charge in [-0.25, -0.2) is 9.78 Å². The number of hydrogen-bond acceptors (Lipinski definition) is 8. The maximum atomic E-state index is 14.1. The highest BCUT2D eigenvalue weighted by Crippen LogP contribution is 2.54. The number of carbonyl (C=O) groups is 2. The van der Waals surface area contributed by atoms with E-state index in [-0.39, 0.29) is 42.3 Å². The number of nitrogens with one attached hydrogen (secondary N) is 2. The Labute approximate surface area is 251 Å². The highest BCUT2D eigenvalue weighted by Gasteiger charge is 2.59. The van der Waals surface area contributed by atoms with Crippen molar-refractivity contribution in [3.05, 3.63) is 76.5 Å². The molecular formula is C31H30F3N5O5. The maximum Gasteiger partial charge on any atom is 0.416 e. The van der Waals surface area contributed by atoms with E-state index in [2.05, 4.69) is 27.4 Å². The first-order chi connectivity index (χ1) is 21.2. The molecular weight excluding hydrogens is 579 g/mol. The molecule has 10 nitrogen and oxygen atoms in total. The Morgan fingerprint density at radius 1 is 1.11 bits per heavy atom. The average Bonchev–Trinajstić information content (AvgIpc) is 3.53. The molecule has 44 heavy (non-hydrogen) atoms. The van der Waals surface area contributed by atoms with E-state index in [1.807, 2.05) is 11.0 Å². The Hall–Kier alpha value is -4.36. The Morgan fingerprint density at radius 3 is 2.68 bits per heavy atom. The van der Waals surface area contributed by atoms with Gasteiger partial charge >= 0.3 is 12.3 Å². The summed E-state index contributed by atoms with van der Waals surface area (Å²) in [6, 6.07) is 10.5. The Kier molecular flexibility index (Phi) is 7.08. The predicted octanol–water partition coefficient (Wildman–Crippen LogP) is 4.75. The van der Waals surface area contributed by atoms with Crippen molar-refractivity contribution in [3.63, 3.8) is 0 Å². The molecule has 0 bridgehead atoms. The Bertz CT molecular complexity index is 1620. The molecule has 0 spiro atoms. The van der Waals surface area contributed by atoms with E-state index in [1.54, 1.807) is 18.2 Å². The molecule has 4 aliphatic rings. The van der Waals surface area contributed by atoms with E-state index < -0.39 is 23.7 Å². The number of fused-ring (bicyclic) bond motifs is 4. The molecule has 3 aromatic rings. The lowest BCUT2D eigenvalue weighted by Crippen LogP contribution is -2.45. The van der Waals surface area contributed by atoms with E-state index in [0.29, 0.717) is 41.7 Å². The van der Waals surface area contributed by atoms with E-state index in [9.17, 15) is 22.8 Å². The monoisotopic (exact) mass is 609 g/mol. The SMILES string of the molecule is CCN1CCN(Cc2ccc(C(=O)NC3C4Oc5ccc(Oc6ccnc7c6COC(=O)N7)cc5C34)cc2C(F)(F)F)CC1. The highest BCUT2D eigenvalue weighted by molar-refractivity contribution is 5.95. The summed E-state index contributed by atoms with van der Waals surface area (Å²) in [7, 11) is 0. The van der Waals surface area contributed by atoms with Crippen LogP contribution in [0.4, 0.5) is 23.8 Å². The number of likely N-dealkylation sites (N-methyl/N-ethyl adjacent to an activating group) is 1. The zero-order valence-electron chi connectivity index (χ0n) is 23.8. The van der Waals surface area contributed by atoms with E-state index in [1.165, 1.54) is 18.3 Å². The summed E-state index contributed by atoms with van der Waals surface area (Å²) in [4.78, 5) is 33.1. The third-order valence-corrected chi connectivity index (χ3v) is 8.65. The molecule has 2 aromatic carbocycles. The first-order valence-electron chi connectivity index (χ1n) is 14.5. The number of benzene rings is 2. The summed E-state index contributed by atoms with van der Waals surface area (Å²) in [5.41, 5.74) is 0.763. The number of nitrogens with zero attached hydrogens (tertiary/aromatic N) is 3. The highest BCUT2D eigenvalue weighted by atomic mass is 19.4. The minimum absolute atomic E-state index is 0.0180. The quantitative estimate of drug-likeness (QED) is 0.396. The second-order valence-electron chi connectivity index (χ2n) is 11.3. The molecule has 3 unspecified atom stereocenters. The molecule has 7 rings (SSSR count). The van der Waals surface area contributed by atoms with Crippen LogP contribution >= 0.6 is 0 Å². The minimum Gasteiger partial charge on any atom is -0.487 e. The van der Waals surface area contributed by atoms with Gasteiger partial charge in [-0.3, -0.25) is 15.0 Å². The smallest absolute Gasteiger partial charge is 0.416 e. The molecule has 13 heteroatoms. The number of pyridine rings is 1. The van der Waals surface area contributed by atoms with Crippen molar-refractivity contribution in [2.75, 3.05) is 38.0 Å². The molecule has 1 saturated carbocycles. The minimum atomic E-state index is -4.59. The van der Waals surface area contributed by atoms with Crippen molar-refractivity contribution >= 4 is 17.8 Å². The van der Waals surface area contributed by atoms with Gasteiger partial charge in [0.1, 0.15) is 35.8 Å². The molecule has 2 fully saturated rings. The van der Waals surface area contributed by atoms with Crippen molar-refractivity contribution in [2.24, 2.45) is 0 Å². The molecule has 2 N–H and O–H groups in total. The second kappa shape index (κ2) is 11.0. The van der Waals surface area contributed by atoms with Crippen molar-refractivity contribution < 1.29 is 37.0 Å². The van der Waals surface area contributed by atoms with Crippen LogP contribution in [0.15, 0.2) is 48.7 Å². The normalized spacial score (nSPS) is 22.5. The van der Waals surface area contributed by atoms with Crippen molar-refractivity contribution in [1.29, 1.82) is 0 Å². The molecule has 3 aliphatic heterocycles. The number of halogens is 3. The topological polar surface area (TPSA) is 105 Å². The third kappa shape index (κ3) is 5.41. The van der Waals surface area contributed by atoms with Crippen LogP contribution in [-0.2, 0) is 24.1 Å². The first-order valence-corrected chi connectivity index (χ1v) is 14.5. The van der Waals surface area contributed by atoms with Crippen LogP contribution in [-0.4, -0.2) is 71.7 Å². The van der Waals surface area contributed by atoms with Gasteiger partial charge in [-0.1, -0.05) is 13.0 Å².